The topological polar surface area (TPSA) is 62.2 Å². The van der Waals surface area contributed by atoms with E-state index in [2.05, 4.69) is 6.92 Å². The summed E-state index contributed by atoms with van der Waals surface area (Å²) in [6.45, 7) is 2.51. The molecule has 2 N–H and O–H groups in total. The number of aliphatic hydroxyl groups is 2. The number of nitrogens with zero attached hydrogens (tertiary/aromatic N) is 1. The zero-order valence-corrected chi connectivity index (χ0v) is 20.6. The van der Waals surface area contributed by atoms with Crippen molar-refractivity contribution in [1.82, 2.24) is 5.23 Å². The fraction of sp³-hybridized carbons (Fsp3) is 0.923. The van der Waals surface area contributed by atoms with Gasteiger partial charge in [-0.3, -0.25) is 0 Å². The first-order valence-corrected chi connectivity index (χ1v) is 13.3. The Hall–Kier alpha value is -0.620. The van der Waals surface area contributed by atoms with Crippen LogP contribution in [0.4, 0.5) is 0 Å². The van der Waals surface area contributed by atoms with Gasteiger partial charge in [-0.15, -0.1) is 5.23 Å². The summed E-state index contributed by atoms with van der Waals surface area (Å²) in [6, 6.07) is 0. The molecule has 0 atom stereocenters. The van der Waals surface area contributed by atoms with Crippen molar-refractivity contribution in [2.75, 3.05) is 26.4 Å². The van der Waals surface area contributed by atoms with Crippen molar-refractivity contribution in [3.63, 3.8) is 0 Å². The molecule has 31 heavy (non-hydrogen) atoms. The summed E-state index contributed by atoms with van der Waals surface area (Å²) < 4.78 is 0. The molecule has 0 aromatic rings. The van der Waals surface area contributed by atoms with Crippen molar-refractivity contribution in [1.29, 1.82) is 0 Å². The third-order valence-corrected chi connectivity index (χ3v) is 5.57. The molecule has 0 spiro atoms. The molecule has 5 heteroatoms. The highest BCUT2D eigenvalue weighted by Crippen LogP contribution is 2.14. The van der Waals surface area contributed by atoms with Gasteiger partial charge in [0.2, 0.25) is 0 Å². The number of rotatable bonds is 26. The number of hydrogen-bond donors (Lipinski definition) is 2. The summed E-state index contributed by atoms with van der Waals surface area (Å²) in [6.07, 6.45) is 29.8. The lowest BCUT2D eigenvalue weighted by Crippen LogP contribution is -2.22. The van der Waals surface area contributed by atoms with E-state index in [0.717, 1.165) is 6.42 Å². The lowest BCUT2D eigenvalue weighted by Gasteiger charge is -2.17. The Morgan fingerprint density at radius 2 is 0.903 bits per heavy atom. The number of aliphatic hydroxyl groups excluding tert-OH is 2. The van der Waals surface area contributed by atoms with Crippen LogP contribution in [-0.4, -0.2) is 41.9 Å². The molecule has 0 rings (SSSR count). The SMILES string of the molecule is CCCCCCCCCCCCCCCCCCCCC=CN(OCCO)OCCO. The van der Waals surface area contributed by atoms with Gasteiger partial charge in [0.1, 0.15) is 13.2 Å². The molecule has 0 bridgehead atoms. The Bertz CT molecular complexity index is 344. The summed E-state index contributed by atoms with van der Waals surface area (Å²) in [7, 11) is 0. The maximum atomic E-state index is 8.80. The predicted molar refractivity (Wildman–Crippen MR) is 130 cm³/mol. The van der Waals surface area contributed by atoms with Gasteiger partial charge in [-0.25, -0.2) is 9.68 Å². The zero-order valence-electron chi connectivity index (χ0n) is 20.6. The smallest absolute Gasteiger partial charge is 0.101 e. The van der Waals surface area contributed by atoms with Crippen LogP contribution in [-0.2, 0) is 9.68 Å². The van der Waals surface area contributed by atoms with Crippen LogP contribution in [0.2, 0.25) is 0 Å². The van der Waals surface area contributed by atoms with E-state index in [4.69, 9.17) is 19.9 Å². The van der Waals surface area contributed by atoms with E-state index in [1.165, 1.54) is 121 Å². The summed E-state index contributed by atoms with van der Waals surface area (Å²) >= 11 is 0. The molecule has 0 fully saturated rings. The van der Waals surface area contributed by atoms with E-state index >= 15 is 0 Å². The van der Waals surface area contributed by atoms with Gasteiger partial charge in [0.25, 0.3) is 0 Å². The second kappa shape index (κ2) is 27.4. The van der Waals surface area contributed by atoms with Crippen LogP contribution in [0.25, 0.3) is 0 Å². The highest BCUT2D eigenvalue weighted by atomic mass is 16.9. The van der Waals surface area contributed by atoms with Crippen molar-refractivity contribution < 1.29 is 19.9 Å². The Balaban J connectivity index is 3.28. The molecular formula is C26H53NO4. The second-order valence-electron chi connectivity index (χ2n) is 8.58. The molecule has 0 aliphatic heterocycles. The lowest BCUT2D eigenvalue weighted by atomic mass is 10.0. The van der Waals surface area contributed by atoms with Gasteiger partial charge in [0.05, 0.1) is 19.4 Å². The molecule has 0 aromatic carbocycles. The first-order chi connectivity index (χ1) is 15.3. The lowest BCUT2D eigenvalue weighted by molar-refractivity contribution is -0.339. The van der Waals surface area contributed by atoms with Gasteiger partial charge in [-0.05, 0) is 12.8 Å². The van der Waals surface area contributed by atoms with E-state index in [1.54, 1.807) is 6.20 Å². The molecule has 0 aliphatic carbocycles. The van der Waals surface area contributed by atoms with Crippen molar-refractivity contribution in [2.45, 2.75) is 129 Å². The predicted octanol–water partition coefficient (Wildman–Crippen LogP) is 7.08. The molecular weight excluding hydrogens is 390 g/mol. The van der Waals surface area contributed by atoms with E-state index in [1.807, 2.05) is 6.08 Å². The van der Waals surface area contributed by atoms with Gasteiger partial charge in [0, 0.05) is 0 Å². The maximum absolute atomic E-state index is 8.80. The quantitative estimate of drug-likeness (QED) is 0.110. The van der Waals surface area contributed by atoms with Crippen LogP contribution < -0.4 is 0 Å². The molecule has 186 valence electrons. The van der Waals surface area contributed by atoms with Crippen molar-refractivity contribution in [3.05, 3.63) is 12.3 Å². The van der Waals surface area contributed by atoms with E-state index in [9.17, 15) is 0 Å². The highest BCUT2D eigenvalue weighted by Gasteiger charge is 1.99. The standard InChI is InChI=1S/C26H53NO4/c1-2-3-4-5-6-7-8-9-10-11-12-13-14-15-16-17-18-19-20-21-22-27(30-25-23-28)31-26-24-29/h21-22,28-29H,2-20,23-26H2,1H3. The molecule has 0 saturated carbocycles. The van der Waals surface area contributed by atoms with Gasteiger partial charge >= 0.3 is 0 Å². The molecule has 0 radical (unpaired) electrons. The molecule has 0 aliphatic rings. The average Bonchev–Trinajstić information content (AvgIpc) is 2.79. The number of hydrogen-bond acceptors (Lipinski definition) is 5. The van der Waals surface area contributed by atoms with Gasteiger partial charge in [-0.2, -0.15) is 0 Å². The zero-order chi connectivity index (χ0) is 22.7. The first-order valence-electron chi connectivity index (χ1n) is 13.3. The van der Waals surface area contributed by atoms with E-state index in [-0.39, 0.29) is 26.4 Å². The summed E-state index contributed by atoms with van der Waals surface area (Å²) in [4.78, 5) is 10.4. The third kappa shape index (κ3) is 25.5. The molecule has 5 nitrogen and oxygen atoms in total. The van der Waals surface area contributed by atoms with Crippen LogP contribution in [0.15, 0.2) is 12.3 Å². The van der Waals surface area contributed by atoms with Crippen LogP contribution >= 0.6 is 0 Å². The first kappa shape index (κ1) is 30.4. The van der Waals surface area contributed by atoms with Gasteiger partial charge < -0.3 is 10.2 Å². The number of unbranched alkanes of at least 4 members (excludes halogenated alkanes) is 18. The average molecular weight is 444 g/mol. The molecule has 0 unspecified atom stereocenters. The van der Waals surface area contributed by atoms with Crippen LogP contribution in [0.3, 0.4) is 0 Å². The minimum absolute atomic E-state index is 0.0634. The van der Waals surface area contributed by atoms with Crippen LogP contribution in [0, 0.1) is 0 Å². The van der Waals surface area contributed by atoms with Crippen molar-refractivity contribution >= 4 is 0 Å². The Labute approximate surface area is 193 Å². The Kier molecular flexibility index (Phi) is 26.9. The minimum Gasteiger partial charge on any atom is -0.394 e. The molecule has 0 heterocycles. The highest BCUT2D eigenvalue weighted by molar-refractivity contribution is 4.76. The Morgan fingerprint density at radius 1 is 0.548 bits per heavy atom. The largest absolute Gasteiger partial charge is 0.394 e. The molecule has 0 amide bonds. The van der Waals surface area contributed by atoms with Crippen LogP contribution in [0.1, 0.15) is 129 Å². The monoisotopic (exact) mass is 443 g/mol. The van der Waals surface area contributed by atoms with Crippen LogP contribution in [0.5, 0.6) is 0 Å². The third-order valence-electron chi connectivity index (χ3n) is 5.57. The van der Waals surface area contributed by atoms with Crippen molar-refractivity contribution in [3.8, 4) is 0 Å². The minimum atomic E-state index is -0.0634. The van der Waals surface area contributed by atoms with E-state index < -0.39 is 0 Å². The molecule has 0 saturated heterocycles. The second-order valence-corrected chi connectivity index (χ2v) is 8.58. The normalized spacial score (nSPS) is 11.6. The van der Waals surface area contributed by atoms with E-state index in [0.29, 0.717) is 0 Å². The van der Waals surface area contributed by atoms with Gasteiger partial charge in [0.15, 0.2) is 0 Å². The number of hydroxylamine groups is 2. The fourth-order valence-corrected chi connectivity index (χ4v) is 3.71. The van der Waals surface area contributed by atoms with Gasteiger partial charge in [-0.1, -0.05) is 122 Å². The number of allylic oxidation sites excluding steroid dienone is 1. The summed E-state index contributed by atoms with van der Waals surface area (Å²) in [5, 5.41) is 18.8. The molecule has 0 aromatic heterocycles. The maximum Gasteiger partial charge on any atom is 0.101 e. The fourth-order valence-electron chi connectivity index (χ4n) is 3.71. The Morgan fingerprint density at radius 3 is 1.26 bits per heavy atom. The summed E-state index contributed by atoms with van der Waals surface area (Å²) in [5.74, 6) is 0. The van der Waals surface area contributed by atoms with Crippen molar-refractivity contribution in [2.24, 2.45) is 0 Å². The summed E-state index contributed by atoms with van der Waals surface area (Å²) in [5.41, 5.74) is 0.